The van der Waals surface area contributed by atoms with E-state index in [2.05, 4.69) is 27.7 Å². The molecule has 1 aliphatic carbocycles. The van der Waals surface area contributed by atoms with Gasteiger partial charge in [0, 0.05) is 18.4 Å². The van der Waals surface area contributed by atoms with Gasteiger partial charge in [0.15, 0.2) is 0 Å². The third-order valence-corrected chi connectivity index (χ3v) is 8.16. The minimum Gasteiger partial charge on any atom is -0.434 e. The van der Waals surface area contributed by atoms with Crippen LogP contribution in [0.25, 0.3) is 0 Å². The Kier molecular flexibility index (Phi) is 16.2. The van der Waals surface area contributed by atoms with Gasteiger partial charge >= 0.3 is 6.16 Å². The zero-order valence-electron chi connectivity index (χ0n) is 22.9. The van der Waals surface area contributed by atoms with E-state index in [-0.39, 0.29) is 6.61 Å². The summed E-state index contributed by atoms with van der Waals surface area (Å²) in [4.78, 5) is 12.6. The molecular weight excluding hydrogens is 428 g/mol. The summed E-state index contributed by atoms with van der Waals surface area (Å²) in [7, 11) is 0. The molecule has 0 aromatic carbocycles. The fourth-order valence-corrected chi connectivity index (χ4v) is 5.38. The van der Waals surface area contributed by atoms with Crippen LogP contribution >= 0.6 is 0 Å². The lowest BCUT2D eigenvalue weighted by Gasteiger charge is -2.48. The molecular formula is C29H56O5. The van der Waals surface area contributed by atoms with Crippen molar-refractivity contribution < 1.29 is 24.5 Å². The number of carbonyl (C=O) groups excluding carboxylic acids is 1. The van der Waals surface area contributed by atoms with Crippen LogP contribution < -0.4 is 0 Å². The smallest absolute Gasteiger partial charge is 0.434 e. The molecule has 1 atom stereocenters. The molecule has 0 saturated heterocycles. The van der Waals surface area contributed by atoms with Crippen LogP contribution in [0.2, 0.25) is 0 Å². The summed E-state index contributed by atoms with van der Waals surface area (Å²) in [6.07, 6.45) is 17.7. The standard InChI is InChI=1S/C29H56O5/c1-5-6-7-8-12-15-20-29(32,28(4)21-18-26(19-22-28)25(2)3)34-27(31)33-24-17-14-11-9-10-13-16-23-30/h25-26,30,32H,5-24H2,1-4H3. The molecule has 1 unspecified atom stereocenters. The number of carbonyl (C=O) groups is 1. The lowest BCUT2D eigenvalue weighted by atomic mass is 9.64. The van der Waals surface area contributed by atoms with Crippen LogP contribution in [-0.4, -0.2) is 35.4 Å². The third kappa shape index (κ3) is 11.7. The zero-order chi connectivity index (χ0) is 25.3. The molecule has 1 rings (SSSR count). The van der Waals surface area contributed by atoms with Crippen molar-refractivity contribution >= 4 is 6.16 Å². The summed E-state index contributed by atoms with van der Waals surface area (Å²) in [6.45, 7) is 9.49. The van der Waals surface area contributed by atoms with Gasteiger partial charge in [-0.1, -0.05) is 91.9 Å². The predicted octanol–water partition coefficient (Wildman–Crippen LogP) is 8.15. The van der Waals surface area contributed by atoms with Crippen molar-refractivity contribution in [3.63, 3.8) is 0 Å². The molecule has 1 saturated carbocycles. The van der Waals surface area contributed by atoms with Gasteiger partial charge in [-0.15, -0.1) is 0 Å². The Bertz CT molecular complexity index is 513. The monoisotopic (exact) mass is 484 g/mol. The minimum absolute atomic E-state index is 0.276. The van der Waals surface area contributed by atoms with E-state index in [9.17, 15) is 9.90 Å². The van der Waals surface area contributed by atoms with Crippen molar-refractivity contribution in [2.75, 3.05) is 13.2 Å². The van der Waals surface area contributed by atoms with E-state index in [1.807, 2.05) is 0 Å². The van der Waals surface area contributed by atoms with Gasteiger partial charge < -0.3 is 19.7 Å². The van der Waals surface area contributed by atoms with E-state index in [0.29, 0.717) is 24.9 Å². The maximum Gasteiger partial charge on any atom is 0.510 e. The van der Waals surface area contributed by atoms with Gasteiger partial charge in [-0.3, -0.25) is 0 Å². The molecule has 5 nitrogen and oxygen atoms in total. The molecule has 0 aliphatic heterocycles. The van der Waals surface area contributed by atoms with Gasteiger partial charge in [0.05, 0.1) is 6.61 Å². The molecule has 1 fully saturated rings. The molecule has 0 radical (unpaired) electrons. The van der Waals surface area contributed by atoms with Crippen molar-refractivity contribution in [3.8, 4) is 0 Å². The second kappa shape index (κ2) is 17.6. The number of unbranched alkanes of at least 4 members (excludes halogenated alkanes) is 11. The van der Waals surface area contributed by atoms with Crippen molar-refractivity contribution in [1.82, 2.24) is 0 Å². The highest BCUT2D eigenvalue weighted by atomic mass is 16.8. The van der Waals surface area contributed by atoms with E-state index < -0.39 is 17.4 Å². The molecule has 202 valence electrons. The fraction of sp³-hybridized carbons (Fsp3) is 0.966. The lowest BCUT2D eigenvalue weighted by Crippen LogP contribution is -2.52. The third-order valence-electron chi connectivity index (χ3n) is 8.16. The van der Waals surface area contributed by atoms with Crippen molar-refractivity contribution in [2.24, 2.45) is 17.3 Å². The second-order valence-corrected chi connectivity index (χ2v) is 11.3. The number of hydrogen-bond donors (Lipinski definition) is 2. The average Bonchev–Trinajstić information content (AvgIpc) is 2.80. The van der Waals surface area contributed by atoms with Crippen LogP contribution in [0, 0.1) is 17.3 Å². The molecule has 0 heterocycles. The topological polar surface area (TPSA) is 76.0 Å². The molecule has 34 heavy (non-hydrogen) atoms. The summed E-state index contributed by atoms with van der Waals surface area (Å²) in [6, 6.07) is 0. The molecule has 1 aliphatic rings. The highest BCUT2D eigenvalue weighted by Crippen LogP contribution is 2.50. The van der Waals surface area contributed by atoms with Crippen LogP contribution in [0.4, 0.5) is 4.79 Å². The molecule has 0 aromatic heterocycles. The first-order valence-corrected chi connectivity index (χ1v) is 14.5. The summed E-state index contributed by atoms with van der Waals surface area (Å²) in [5, 5.41) is 20.5. The van der Waals surface area contributed by atoms with E-state index in [1.165, 1.54) is 25.7 Å². The maximum atomic E-state index is 12.6. The van der Waals surface area contributed by atoms with Gasteiger partial charge in [-0.05, 0) is 56.8 Å². The van der Waals surface area contributed by atoms with Crippen LogP contribution in [-0.2, 0) is 9.47 Å². The largest absolute Gasteiger partial charge is 0.510 e. The quantitative estimate of drug-likeness (QED) is 0.110. The van der Waals surface area contributed by atoms with Crippen molar-refractivity contribution in [2.45, 2.75) is 149 Å². The molecule has 0 bridgehead atoms. The van der Waals surface area contributed by atoms with Crippen LogP contribution in [0.5, 0.6) is 0 Å². The molecule has 5 heteroatoms. The maximum absolute atomic E-state index is 12.6. The van der Waals surface area contributed by atoms with E-state index in [1.54, 1.807) is 0 Å². The van der Waals surface area contributed by atoms with Gasteiger partial charge in [-0.2, -0.15) is 0 Å². The van der Waals surface area contributed by atoms with Gasteiger partial charge in [0.25, 0.3) is 0 Å². The Morgan fingerprint density at radius 3 is 2.00 bits per heavy atom. The lowest BCUT2D eigenvalue weighted by molar-refractivity contribution is -0.260. The van der Waals surface area contributed by atoms with E-state index >= 15 is 0 Å². The first-order valence-electron chi connectivity index (χ1n) is 14.5. The summed E-state index contributed by atoms with van der Waals surface area (Å²) < 4.78 is 11.1. The number of aliphatic hydroxyl groups excluding tert-OH is 1. The number of hydrogen-bond acceptors (Lipinski definition) is 5. The van der Waals surface area contributed by atoms with Gasteiger partial charge in [0.1, 0.15) is 0 Å². The molecule has 0 aromatic rings. The average molecular weight is 485 g/mol. The molecule has 0 amide bonds. The Balaban J connectivity index is 2.52. The zero-order valence-corrected chi connectivity index (χ0v) is 22.9. The predicted molar refractivity (Wildman–Crippen MR) is 140 cm³/mol. The number of rotatable bonds is 19. The van der Waals surface area contributed by atoms with Crippen molar-refractivity contribution in [1.29, 1.82) is 0 Å². The van der Waals surface area contributed by atoms with Crippen LogP contribution in [0.1, 0.15) is 143 Å². The van der Waals surface area contributed by atoms with Crippen molar-refractivity contribution in [3.05, 3.63) is 0 Å². The molecule has 2 N–H and O–H groups in total. The first-order chi connectivity index (χ1) is 16.3. The van der Waals surface area contributed by atoms with Crippen LogP contribution in [0.3, 0.4) is 0 Å². The second-order valence-electron chi connectivity index (χ2n) is 11.3. The first kappa shape index (κ1) is 31.2. The minimum atomic E-state index is -1.45. The molecule has 0 spiro atoms. The fourth-order valence-electron chi connectivity index (χ4n) is 5.38. The Morgan fingerprint density at radius 1 is 0.912 bits per heavy atom. The number of ether oxygens (including phenoxy) is 2. The summed E-state index contributed by atoms with van der Waals surface area (Å²) >= 11 is 0. The van der Waals surface area contributed by atoms with E-state index in [4.69, 9.17) is 14.6 Å². The van der Waals surface area contributed by atoms with E-state index in [0.717, 1.165) is 83.5 Å². The highest BCUT2D eigenvalue weighted by molar-refractivity contribution is 5.60. The van der Waals surface area contributed by atoms with Crippen LogP contribution in [0.15, 0.2) is 0 Å². The highest BCUT2D eigenvalue weighted by Gasteiger charge is 2.51. The Hall–Kier alpha value is -0.810. The summed E-state index contributed by atoms with van der Waals surface area (Å²) in [5.41, 5.74) is -0.421. The van der Waals surface area contributed by atoms with Gasteiger partial charge in [-0.25, -0.2) is 4.79 Å². The number of aliphatic hydroxyl groups is 2. The SMILES string of the molecule is CCCCCCCCC(O)(OC(=O)OCCCCCCCCCO)C1(C)CCC(C(C)C)CC1. The summed E-state index contributed by atoms with van der Waals surface area (Å²) in [5.74, 6) is -0.123. The normalized spacial score (nSPS) is 22.5. The Labute approximate surface area is 210 Å². The van der Waals surface area contributed by atoms with Gasteiger partial charge in [0.2, 0.25) is 5.79 Å². The Morgan fingerprint density at radius 2 is 1.44 bits per heavy atom.